The van der Waals surface area contributed by atoms with Crippen LogP contribution in [0.3, 0.4) is 0 Å². The van der Waals surface area contributed by atoms with E-state index in [9.17, 15) is 22.8 Å². The molecular formula is C19H23F3N4O3. The van der Waals surface area contributed by atoms with Crippen LogP contribution < -0.4 is 10.6 Å². The van der Waals surface area contributed by atoms with Crippen molar-refractivity contribution in [2.24, 2.45) is 5.41 Å². The number of hydrogen-bond acceptors (Lipinski definition) is 3. The lowest BCUT2D eigenvalue weighted by molar-refractivity contribution is -0.141. The van der Waals surface area contributed by atoms with Crippen molar-refractivity contribution in [2.75, 3.05) is 6.54 Å². The molecule has 1 aromatic heterocycles. The smallest absolute Gasteiger partial charge is 0.435 e. The number of hydrogen-bond donors (Lipinski definition) is 3. The molecule has 1 atom stereocenters. The van der Waals surface area contributed by atoms with E-state index in [1.807, 2.05) is 20.8 Å². The summed E-state index contributed by atoms with van der Waals surface area (Å²) < 4.78 is 41.4. The van der Waals surface area contributed by atoms with E-state index in [0.29, 0.717) is 12.1 Å². The molecule has 0 saturated carbocycles. The zero-order valence-electron chi connectivity index (χ0n) is 16.2. The van der Waals surface area contributed by atoms with Crippen molar-refractivity contribution in [3.8, 4) is 5.69 Å². The predicted octanol–water partition coefficient (Wildman–Crippen LogP) is 3.69. The Hall–Kier alpha value is -3.04. The topological polar surface area (TPSA) is 96.3 Å². The third kappa shape index (κ3) is 6.51. The first-order chi connectivity index (χ1) is 13.4. The highest BCUT2D eigenvalue weighted by molar-refractivity contribution is 5.95. The fraction of sp³-hybridized carbons (Fsp3) is 0.421. The van der Waals surface area contributed by atoms with Gasteiger partial charge in [0.2, 0.25) is 0 Å². The van der Waals surface area contributed by atoms with Gasteiger partial charge >= 0.3 is 12.3 Å². The Labute approximate surface area is 165 Å². The molecule has 29 heavy (non-hydrogen) atoms. The van der Waals surface area contributed by atoms with Gasteiger partial charge in [0.25, 0.3) is 5.91 Å². The van der Waals surface area contributed by atoms with E-state index in [0.717, 1.165) is 10.9 Å². The molecule has 1 aromatic carbocycles. The molecule has 7 nitrogen and oxygen atoms in total. The van der Waals surface area contributed by atoms with Crippen LogP contribution in [0.1, 0.15) is 43.2 Å². The summed E-state index contributed by atoms with van der Waals surface area (Å²) in [4.78, 5) is 23.4. The summed E-state index contributed by atoms with van der Waals surface area (Å²) in [6.07, 6.45) is -4.74. The van der Waals surface area contributed by atoms with E-state index >= 15 is 0 Å². The van der Waals surface area contributed by atoms with Gasteiger partial charge in [0.1, 0.15) is 0 Å². The second-order valence-corrected chi connectivity index (χ2v) is 7.79. The van der Waals surface area contributed by atoms with Crippen LogP contribution in [0, 0.1) is 5.41 Å². The summed E-state index contributed by atoms with van der Waals surface area (Å²) in [6.45, 7) is 5.50. The minimum atomic E-state index is -4.83. The number of alkyl halides is 3. The molecule has 158 valence electrons. The van der Waals surface area contributed by atoms with Crippen molar-refractivity contribution >= 4 is 12.0 Å². The van der Waals surface area contributed by atoms with Crippen LogP contribution in [-0.2, 0) is 6.18 Å². The third-order valence-corrected chi connectivity index (χ3v) is 3.94. The Morgan fingerprint density at radius 2 is 1.79 bits per heavy atom. The lowest BCUT2D eigenvalue weighted by Crippen LogP contribution is -2.45. The molecule has 0 aliphatic heterocycles. The van der Waals surface area contributed by atoms with Crippen molar-refractivity contribution in [1.82, 2.24) is 20.4 Å². The average Bonchev–Trinajstić information content (AvgIpc) is 3.05. The van der Waals surface area contributed by atoms with Crippen molar-refractivity contribution in [2.45, 2.75) is 39.4 Å². The largest absolute Gasteiger partial charge is 0.465 e. The molecule has 3 N–H and O–H groups in total. The minimum Gasteiger partial charge on any atom is -0.465 e. The Kier molecular flexibility index (Phi) is 6.55. The summed E-state index contributed by atoms with van der Waals surface area (Å²) in [5.41, 5.74) is -1.86. The molecule has 1 heterocycles. The van der Waals surface area contributed by atoms with Gasteiger partial charge in [-0.1, -0.05) is 39.0 Å². The SMILES string of the molecule is CC(C)(C)CC(CNC(=O)O)NC(=O)c1cn(-c2ccccc2)nc1C(F)(F)F. The summed E-state index contributed by atoms with van der Waals surface area (Å²) >= 11 is 0. The molecule has 0 saturated heterocycles. The van der Waals surface area contributed by atoms with Gasteiger partial charge in [0.15, 0.2) is 5.69 Å². The van der Waals surface area contributed by atoms with Gasteiger partial charge in [-0.25, -0.2) is 9.48 Å². The minimum absolute atomic E-state index is 0.132. The second-order valence-electron chi connectivity index (χ2n) is 7.79. The fourth-order valence-electron chi connectivity index (χ4n) is 2.85. The van der Waals surface area contributed by atoms with Gasteiger partial charge in [-0.3, -0.25) is 4.79 Å². The van der Waals surface area contributed by atoms with Gasteiger partial charge in [-0.15, -0.1) is 0 Å². The van der Waals surface area contributed by atoms with Gasteiger partial charge in [-0.2, -0.15) is 18.3 Å². The number of nitrogens with one attached hydrogen (secondary N) is 2. The fourth-order valence-corrected chi connectivity index (χ4v) is 2.85. The summed E-state index contributed by atoms with van der Waals surface area (Å²) in [6, 6.07) is 7.42. The van der Waals surface area contributed by atoms with E-state index in [4.69, 9.17) is 5.11 Å². The maximum atomic E-state index is 13.5. The van der Waals surface area contributed by atoms with Crippen LogP contribution in [0.2, 0.25) is 0 Å². The molecule has 10 heteroatoms. The second kappa shape index (κ2) is 8.54. The standard InChI is InChI=1S/C19H23F3N4O3/c1-18(2,3)9-12(10-23-17(28)29)24-16(27)14-11-26(13-7-5-4-6-8-13)25-15(14)19(20,21)22/h4-8,11-12,23H,9-10H2,1-3H3,(H,24,27)(H,28,29). The van der Waals surface area contributed by atoms with Crippen LogP contribution in [0.5, 0.6) is 0 Å². The number of nitrogens with zero attached hydrogens (tertiary/aromatic N) is 2. The zero-order valence-corrected chi connectivity index (χ0v) is 16.2. The van der Waals surface area contributed by atoms with E-state index in [1.165, 1.54) is 0 Å². The van der Waals surface area contributed by atoms with Crippen LogP contribution in [0.25, 0.3) is 5.69 Å². The molecule has 0 aliphatic carbocycles. The average molecular weight is 412 g/mol. The van der Waals surface area contributed by atoms with E-state index in [-0.39, 0.29) is 12.0 Å². The highest BCUT2D eigenvalue weighted by Crippen LogP contribution is 2.31. The number of carboxylic acid groups (broad SMARTS) is 1. The number of halogens is 3. The lowest BCUT2D eigenvalue weighted by Gasteiger charge is -2.26. The molecule has 0 spiro atoms. The lowest BCUT2D eigenvalue weighted by atomic mass is 9.88. The molecule has 0 radical (unpaired) electrons. The molecule has 0 bridgehead atoms. The quantitative estimate of drug-likeness (QED) is 0.674. The monoisotopic (exact) mass is 412 g/mol. The van der Waals surface area contributed by atoms with Crippen molar-refractivity contribution in [3.63, 3.8) is 0 Å². The van der Waals surface area contributed by atoms with Gasteiger partial charge in [-0.05, 0) is 24.0 Å². The van der Waals surface area contributed by atoms with Gasteiger partial charge < -0.3 is 15.7 Å². The molecule has 2 aromatic rings. The summed E-state index contributed by atoms with van der Waals surface area (Å²) in [7, 11) is 0. The maximum Gasteiger partial charge on any atom is 0.435 e. The number of para-hydroxylation sites is 1. The summed E-state index contributed by atoms with van der Waals surface area (Å²) in [5, 5.41) is 17.0. The van der Waals surface area contributed by atoms with Crippen molar-refractivity contribution < 1.29 is 27.9 Å². The Bertz CT molecular complexity index is 858. The van der Waals surface area contributed by atoms with E-state index in [2.05, 4.69) is 15.7 Å². The molecule has 2 amide bonds. The molecule has 1 unspecified atom stereocenters. The van der Waals surface area contributed by atoms with Crippen LogP contribution in [0.15, 0.2) is 36.5 Å². The van der Waals surface area contributed by atoms with Crippen LogP contribution in [-0.4, -0.2) is 39.5 Å². The number of benzene rings is 1. The normalized spacial score (nSPS) is 13.0. The number of carbonyl (C=O) groups excluding carboxylic acids is 1. The summed E-state index contributed by atoms with van der Waals surface area (Å²) in [5.74, 6) is -0.971. The number of rotatable bonds is 6. The number of carbonyl (C=O) groups is 2. The Morgan fingerprint density at radius 1 is 1.17 bits per heavy atom. The predicted molar refractivity (Wildman–Crippen MR) is 99.9 cm³/mol. The van der Waals surface area contributed by atoms with Gasteiger partial charge in [0, 0.05) is 18.8 Å². The van der Waals surface area contributed by atoms with Crippen LogP contribution >= 0.6 is 0 Å². The first-order valence-electron chi connectivity index (χ1n) is 8.87. The molecule has 2 rings (SSSR count). The van der Waals surface area contributed by atoms with E-state index in [1.54, 1.807) is 30.3 Å². The third-order valence-electron chi connectivity index (χ3n) is 3.94. The zero-order chi connectivity index (χ0) is 21.8. The van der Waals surface area contributed by atoms with Crippen LogP contribution in [0.4, 0.5) is 18.0 Å². The van der Waals surface area contributed by atoms with Gasteiger partial charge in [0.05, 0.1) is 11.3 Å². The first kappa shape index (κ1) is 22.3. The molecule has 0 fully saturated rings. The number of aromatic nitrogens is 2. The maximum absolute atomic E-state index is 13.5. The van der Waals surface area contributed by atoms with Crippen molar-refractivity contribution in [1.29, 1.82) is 0 Å². The highest BCUT2D eigenvalue weighted by Gasteiger charge is 2.39. The van der Waals surface area contributed by atoms with Crippen molar-refractivity contribution in [3.05, 3.63) is 47.8 Å². The Morgan fingerprint density at radius 3 is 2.31 bits per heavy atom. The number of amides is 2. The molecule has 0 aliphatic rings. The first-order valence-corrected chi connectivity index (χ1v) is 8.87. The van der Waals surface area contributed by atoms with E-state index < -0.39 is 35.5 Å². The highest BCUT2D eigenvalue weighted by atomic mass is 19.4. The molecular weight excluding hydrogens is 389 g/mol. The Balaban J connectivity index is 2.33.